The molecule has 0 unspecified atom stereocenters. The number of benzene rings is 2. The van der Waals surface area contributed by atoms with E-state index in [0.717, 1.165) is 5.56 Å². The van der Waals surface area contributed by atoms with Gasteiger partial charge in [-0.1, -0.05) is 24.3 Å². The third kappa shape index (κ3) is 4.05. The van der Waals surface area contributed by atoms with Crippen LogP contribution in [-0.2, 0) is 11.2 Å². The van der Waals surface area contributed by atoms with Crippen LogP contribution in [0.1, 0.15) is 17.5 Å². The highest BCUT2D eigenvalue weighted by atomic mass is 19.1. The van der Waals surface area contributed by atoms with Crippen LogP contribution in [0.15, 0.2) is 42.5 Å². The van der Waals surface area contributed by atoms with Crippen molar-refractivity contribution >= 4 is 5.97 Å². The van der Waals surface area contributed by atoms with Gasteiger partial charge < -0.3 is 9.47 Å². The molecule has 0 radical (unpaired) electrons. The van der Waals surface area contributed by atoms with Crippen molar-refractivity contribution in [2.24, 2.45) is 0 Å². The van der Waals surface area contributed by atoms with Crippen LogP contribution in [0.3, 0.4) is 0 Å². The minimum Gasteiger partial charge on any atom is -0.493 e. The number of halogens is 1. The van der Waals surface area contributed by atoms with E-state index in [1.54, 1.807) is 30.3 Å². The van der Waals surface area contributed by atoms with E-state index in [1.165, 1.54) is 13.2 Å². The topological polar surface area (TPSA) is 35.5 Å². The van der Waals surface area contributed by atoms with Gasteiger partial charge in [0.15, 0.2) is 11.5 Å². The van der Waals surface area contributed by atoms with Gasteiger partial charge in [0.05, 0.1) is 13.5 Å². The molecule has 0 aliphatic heterocycles. The SMILES string of the molecule is COc1cc(C)ccc1OC(=O)CCc1ccccc1F. The van der Waals surface area contributed by atoms with Gasteiger partial charge in [-0.15, -0.1) is 0 Å². The quantitative estimate of drug-likeness (QED) is 0.622. The summed E-state index contributed by atoms with van der Waals surface area (Å²) >= 11 is 0. The number of carbonyl (C=O) groups excluding carboxylic acids is 1. The Hall–Kier alpha value is -2.36. The predicted octanol–water partition coefficient (Wildman–Crippen LogP) is 3.68. The lowest BCUT2D eigenvalue weighted by atomic mass is 10.1. The van der Waals surface area contributed by atoms with Crippen LogP contribution < -0.4 is 9.47 Å². The van der Waals surface area contributed by atoms with E-state index in [0.29, 0.717) is 23.5 Å². The van der Waals surface area contributed by atoms with E-state index in [4.69, 9.17) is 9.47 Å². The van der Waals surface area contributed by atoms with Crippen molar-refractivity contribution in [2.75, 3.05) is 7.11 Å². The fourth-order valence-electron chi connectivity index (χ4n) is 1.97. The van der Waals surface area contributed by atoms with E-state index in [-0.39, 0.29) is 12.2 Å². The molecule has 3 nitrogen and oxygen atoms in total. The summed E-state index contributed by atoms with van der Waals surface area (Å²) in [7, 11) is 1.52. The fourth-order valence-corrected chi connectivity index (χ4v) is 1.97. The second-order valence-electron chi connectivity index (χ2n) is 4.72. The summed E-state index contributed by atoms with van der Waals surface area (Å²) in [5.41, 5.74) is 1.52. The van der Waals surface area contributed by atoms with Gasteiger partial charge in [0.2, 0.25) is 0 Å². The average molecular weight is 288 g/mol. The van der Waals surface area contributed by atoms with Crippen molar-refractivity contribution in [1.29, 1.82) is 0 Å². The maximum Gasteiger partial charge on any atom is 0.311 e. The molecule has 0 saturated heterocycles. The van der Waals surface area contributed by atoms with Crippen molar-refractivity contribution in [3.05, 3.63) is 59.4 Å². The molecule has 2 aromatic carbocycles. The molecule has 0 atom stereocenters. The van der Waals surface area contributed by atoms with E-state index in [9.17, 15) is 9.18 Å². The maximum atomic E-state index is 13.5. The Labute approximate surface area is 123 Å². The molecule has 0 aliphatic rings. The summed E-state index contributed by atoms with van der Waals surface area (Å²) in [6.45, 7) is 1.92. The molecule has 0 aliphatic carbocycles. The highest BCUT2D eigenvalue weighted by Crippen LogP contribution is 2.28. The minimum absolute atomic E-state index is 0.109. The molecule has 0 heterocycles. The number of rotatable bonds is 5. The molecule has 2 aromatic rings. The van der Waals surface area contributed by atoms with Gasteiger partial charge in [-0.2, -0.15) is 0 Å². The minimum atomic E-state index is -0.416. The van der Waals surface area contributed by atoms with Crippen LogP contribution in [0.25, 0.3) is 0 Å². The molecular weight excluding hydrogens is 271 g/mol. The van der Waals surface area contributed by atoms with Crippen LogP contribution >= 0.6 is 0 Å². The van der Waals surface area contributed by atoms with Crippen LogP contribution in [0.4, 0.5) is 4.39 Å². The van der Waals surface area contributed by atoms with Crippen LogP contribution in [0, 0.1) is 12.7 Å². The van der Waals surface area contributed by atoms with E-state index >= 15 is 0 Å². The number of carbonyl (C=O) groups is 1. The summed E-state index contributed by atoms with van der Waals surface area (Å²) in [6.07, 6.45) is 0.414. The highest BCUT2D eigenvalue weighted by molar-refractivity contribution is 5.73. The number of methoxy groups -OCH3 is 1. The zero-order chi connectivity index (χ0) is 15.2. The summed E-state index contributed by atoms with van der Waals surface area (Å²) in [5.74, 6) is 0.162. The number of hydrogen-bond donors (Lipinski definition) is 0. The zero-order valence-corrected chi connectivity index (χ0v) is 12.1. The molecule has 0 N–H and O–H groups in total. The standard InChI is InChI=1S/C17H17FO3/c1-12-7-9-15(16(11-12)20-2)21-17(19)10-8-13-5-3-4-6-14(13)18/h3-7,9,11H,8,10H2,1-2H3. The number of aryl methyl sites for hydroxylation is 2. The summed E-state index contributed by atoms with van der Waals surface area (Å²) < 4.78 is 23.9. The van der Waals surface area contributed by atoms with Gasteiger partial charge in [-0.3, -0.25) is 4.79 Å². The first-order valence-electron chi connectivity index (χ1n) is 6.69. The Morgan fingerprint density at radius 3 is 2.62 bits per heavy atom. The summed E-state index contributed by atoms with van der Waals surface area (Å²) in [6, 6.07) is 11.7. The van der Waals surface area contributed by atoms with Crippen LogP contribution in [-0.4, -0.2) is 13.1 Å². The van der Waals surface area contributed by atoms with Gasteiger partial charge in [-0.25, -0.2) is 4.39 Å². The predicted molar refractivity (Wildman–Crippen MR) is 78.1 cm³/mol. The molecule has 110 valence electrons. The Morgan fingerprint density at radius 2 is 1.90 bits per heavy atom. The molecule has 2 rings (SSSR count). The maximum absolute atomic E-state index is 13.5. The van der Waals surface area contributed by atoms with E-state index < -0.39 is 5.97 Å². The average Bonchev–Trinajstić information content (AvgIpc) is 2.48. The van der Waals surface area contributed by atoms with Crippen molar-refractivity contribution in [2.45, 2.75) is 19.8 Å². The molecule has 0 saturated carbocycles. The number of ether oxygens (including phenoxy) is 2. The second-order valence-corrected chi connectivity index (χ2v) is 4.72. The lowest BCUT2D eigenvalue weighted by Gasteiger charge is -2.10. The van der Waals surface area contributed by atoms with E-state index in [1.807, 2.05) is 13.0 Å². The Balaban J connectivity index is 1.98. The monoisotopic (exact) mass is 288 g/mol. The number of hydrogen-bond acceptors (Lipinski definition) is 3. The van der Waals surface area contributed by atoms with Gasteiger partial charge in [0.25, 0.3) is 0 Å². The lowest BCUT2D eigenvalue weighted by Crippen LogP contribution is -2.10. The molecule has 0 bridgehead atoms. The number of esters is 1. The molecular formula is C17H17FO3. The van der Waals surface area contributed by atoms with E-state index in [2.05, 4.69) is 0 Å². The summed E-state index contributed by atoms with van der Waals surface area (Å²) in [4.78, 5) is 11.8. The van der Waals surface area contributed by atoms with Crippen molar-refractivity contribution in [3.8, 4) is 11.5 Å². The van der Waals surface area contributed by atoms with Crippen molar-refractivity contribution in [3.63, 3.8) is 0 Å². The molecule has 0 spiro atoms. The normalized spacial score (nSPS) is 10.2. The highest BCUT2D eigenvalue weighted by Gasteiger charge is 2.11. The van der Waals surface area contributed by atoms with Gasteiger partial charge in [0, 0.05) is 0 Å². The Morgan fingerprint density at radius 1 is 1.14 bits per heavy atom. The van der Waals surface area contributed by atoms with Crippen LogP contribution in [0.2, 0.25) is 0 Å². The first kappa shape index (κ1) is 15.0. The third-order valence-corrected chi connectivity index (χ3v) is 3.10. The molecule has 21 heavy (non-hydrogen) atoms. The second kappa shape index (κ2) is 6.88. The fraction of sp³-hybridized carbons (Fsp3) is 0.235. The first-order chi connectivity index (χ1) is 10.1. The van der Waals surface area contributed by atoms with Gasteiger partial charge >= 0.3 is 5.97 Å². The van der Waals surface area contributed by atoms with Gasteiger partial charge in [-0.05, 0) is 42.7 Å². The molecule has 4 heteroatoms. The Kier molecular flexibility index (Phi) is 4.93. The van der Waals surface area contributed by atoms with Crippen molar-refractivity contribution in [1.82, 2.24) is 0 Å². The molecule has 0 fully saturated rings. The van der Waals surface area contributed by atoms with Crippen LogP contribution in [0.5, 0.6) is 11.5 Å². The lowest BCUT2D eigenvalue weighted by molar-refractivity contribution is -0.134. The smallest absolute Gasteiger partial charge is 0.311 e. The molecule has 0 aromatic heterocycles. The first-order valence-corrected chi connectivity index (χ1v) is 6.69. The summed E-state index contributed by atoms with van der Waals surface area (Å²) in [5, 5.41) is 0. The van der Waals surface area contributed by atoms with Gasteiger partial charge in [0.1, 0.15) is 5.82 Å². The van der Waals surface area contributed by atoms with Crippen molar-refractivity contribution < 1.29 is 18.7 Å². The largest absolute Gasteiger partial charge is 0.493 e. The molecule has 0 amide bonds. The zero-order valence-electron chi connectivity index (χ0n) is 12.1. The third-order valence-electron chi connectivity index (χ3n) is 3.10. The Bertz CT molecular complexity index is 638.